The molecule has 1 amide bonds. The van der Waals surface area contributed by atoms with Gasteiger partial charge >= 0.3 is 10.4 Å². The van der Waals surface area contributed by atoms with Crippen molar-refractivity contribution in [1.29, 1.82) is 0 Å². The number of rotatable bonds is 9. The maximum atomic E-state index is 12.3. The molecule has 226 valence electrons. The van der Waals surface area contributed by atoms with Crippen LogP contribution in [0.4, 0.5) is 0 Å². The summed E-state index contributed by atoms with van der Waals surface area (Å²) in [4.78, 5) is 12.3. The molecular weight excluding hydrogens is 550 g/mol. The summed E-state index contributed by atoms with van der Waals surface area (Å²) < 4.78 is 69.4. The van der Waals surface area contributed by atoms with Crippen molar-refractivity contribution in [3.8, 4) is 0 Å². The van der Waals surface area contributed by atoms with Crippen molar-refractivity contribution in [3.63, 3.8) is 0 Å². The minimum absolute atomic E-state index is 0.00814. The summed E-state index contributed by atoms with van der Waals surface area (Å²) in [5, 5.41) is 24.6. The highest BCUT2D eigenvalue weighted by atomic mass is 32.3. The Labute approximate surface area is 232 Å². The Morgan fingerprint density at radius 3 is 2.36 bits per heavy atom. The van der Waals surface area contributed by atoms with Crippen LogP contribution in [-0.2, 0) is 29.5 Å². The Bertz CT molecular complexity index is 1130. The zero-order valence-corrected chi connectivity index (χ0v) is 24.7. The number of hydrogen-bond acceptors (Lipinski definition) is 8. The fraction of sp³-hybridized carbons (Fsp3) is 0.962. The standard InChI is InChI=1S/C26H45NO10S2/c1-15(4-7-23(30)27-10-11-38(31,32)33)18-5-6-19-24-20(14-22(29)26(18,19)3)25(2)9-8-17(28)12-16(25)13-21(24)37-39(34,35)36/h15-22,24,28-29H,4-14H2,1-3H3,(H,27,30)(H,31,32,33)(H,34,35,36)/t15-,16+,17-,18-,19+,20+,21-,22+,24+,25+,26-/m1/s1. The number of aliphatic hydroxyl groups excluding tert-OH is 2. The minimum atomic E-state index is -4.70. The summed E-state index contributed by atoms with van der Waals surface area (Å²) in [5.74, 6) is -0.882. The third-order valence-electron chi connectivity index (χ3n) is 11.3. The van der Waals surface area contributed by atoms with E-state index < -0.39 is 50.0 Å². The van der Waals surface area contributed by atoms with Gasteiger partial charge in [-0.05, 0) is 97.7 Å². The summed E-state index contributed by atoms with van der Waals surface area (Å²) in [6, 6.07) is 0. The summed E-state index contributed by atoms with van der Waals surface area (Å²) in [6.45, 7) is 6.16. The van der Waals surface area contributed by atoms with E-state index in [4.69, 9.17) is 8.74 Å². The van der Waals surface area contributed by atoms with E-state index in [2.05, 4.69) is 26.1 Å². The molecule has 11 atom stereocenters. The molecule has 0 heterocycles. The number of nitrogens with one attached hydrogen (secondary N) is 1. The second kappa shape index (κ2) is 11.1. The van der Waals surface area contributed by atoms with Crippen LogP contribution in [0.25, 0.3) is 0 Å². The average Bonchev–Trinajstić information content (AvgIpc) is 3.16. The topological polar surface area (TPSA) is 188 Å². The van der Waals surface area contributed by atoms with E-state index in [0.717, 1.165) is 19.3 Å². The van der Waals surface area contributed by atoms with Crippen LogP contribution in [0, 0.1) is 46.3 Å². The second-order valence-electron chi connectivity index (χ2n) is 13.2. The van der Waals surface area contributed by atoms with Gasteiger partial charge in [0.1, 0.15) is 0 Å². The molecule has 0 radical (unpaired) electrons. The Balaban J connectivity index is 1.53. The monoisotopic (exact) mass is 595 g/mol. The Hall–Kier alpha value is -0.830. The van der Waals surface area contributed by atoms with Crippen molar-refractivity contribution in [2.45, 2.75) is 96.9 Å². The zero-order chi connectivity index (χ0) is 29.0. The highest BCUT2D eigenvalue weighted by Gasteiger charge is 2.66. The number of aliphatic hydroxyl groups is 2. The molecule has 4 aliphatic rings. The molecule has 11 nitrogen and oxygen atoms in total. The molecule has 0 saturated heterocycles. The van der Waals surface area contributed by atoms with Gasteiger partial charge in [0.25, 0.3) is 10.1 Å². The van der Waals surface area contributed by atoms with E-state index in [1.807, 2.05) is 0 Å². The van der Waals surface area contributed by atoms with Gasteiger partial charge < -0.3 is 15.5 Å². The molecule has 0 bridgehead atoms. The first kappa shape index (κ1) is 31.1. The van der Waals surface area contributed by atoms with Gasteiger partial charge in [0.2, 0.25) is 5.91 Å². The molecular formula is C26H45NO10S2. The molecule has 0 aromatic carbocycles. The number of fused-ring (bicyclic) bond motifs is 5. The van der Waals surface area contributed by atoms with Crippen molar-refractivity contribution in [1.82, 2.24) is 5.32 Å². The Morgan fingerprint density at radius 1 is 1.03 bits per heavy atom. The summed E-state index contributed by atoms with van der Waals surface area (Å²) in [5.41, 5.74) is -0.699. The SMILES string of the molecule is C[C@H](CCC(=O)NCCS(=O)(=O)O)[C@H]1CC[C@H]2[C@@H]3[C@H](OS(=O)(=O)O)C[C@@H]4C[C@H](O)CC[C@]4(C)[C@H]3C[C@H](O)[C@]12C. The third-order valence-corrected chi connectivity index (χ3v) is 12.5. The molecule has 4 fully saturated rings. The number of hydrogen-bond donors (Lipinski definition) is 5. The van der Waals surface area contributed by atoms with E-state index >= 15 is 0 Å². The Morgan fingerprint density at radius 2 is 1.72 bits per heavy atom. The van der Waals surface area contributed by atoms with Crippen LogP contribution in [0.5, 0.6) is 0 Å². The molecule has 0 spiro atoms. The quantitative estimate of drug-likeness (QED) is 0.247. The van der Waals surface area contributed by atoms with Crippen molar-refractivity contribution in [2.24, 2.45) is 46.3 Å². The van der Waals surface area contributed by atoms with Gasteiger partial charge in [0, 0.05) is 13.0 Å². The Kier molecular flexibility index (Phi) is 8.86. The smallest absolute Gasteiger partial charge is 0.393 e. The van der Waals surface area contributed by atoms with Crippen LogP contribution in [-0.4, -0.2) is 72.7 Å². The fourth-order valence-corrected chi connectivity index (χ4v) is 10.2. The molecule has 4 aliphatic carbocycles. The molecule has 0 aromatic rings. The van der Waals surface area contributed by atoms with Crippen LogP contribution in [0.1, 0.15) is 78.6 Å². The predicted molar refractivity (Wildman–Crippen MR) is 142 cm³/mol. The molecule has 0 aliphatic heterocycles. The summed E-state index contributed by atoms with van der Waals surface area (Å²) in [6.07, 6.45) is 3.43. The van der Waals surface area contributed by atoms with Gasteiger partial charge in [-0.1, -0.05) is 20.8 Å². The third kappa shape index (κ3) is 6.34. The second-order valence-corrected chi connectivity index (χ2v) is 15.8. The summed E-state index contributed by atoms with van der Waals surface area (Å²) in [7, 11) is -8.85. The van der Waals surface area contributed by atoms with Gasteiger partial charge in [-0.2, -0.15) is 16.8 Å². The van der Waals surface area contributed by atoms with Crippen LogP contribution in [0.15, 0.2) is 0 Å². The first-order chi connectivity index (χ1) is 18.0. The first-order valence-corrected chi connectivity index (χ1v) is 17.2. The van der Waals surface area contributed by atoms with Gasteiger partial charge in [-0.3, -0.25) is 13.9 Å². The molecule has 5 N–H and O–H groups in total. The molecule has 4 rings (SSSR count). The van der Waals surface area contributed by atoms with Gasteiger partial charge in [0.05, 0.1) is 24.1 Å². The maximum absolute atomic E-state index is 12.3. The highest BCUT2D eigenvalue weighted by molar-refractivity contribution is 7.85. The maximum Gasteiger partial charge on any atom is 0.397 e. The van der Waals surface area contributed by atoms with Crippen LogP contribution >= 0.6 is 0 Å². The lowest BCUT2D eigenvalue weighted by atomic mass is 9.43. The van der Waals surface area contributed by atoms with Gasteiger partial charge in [-0.15, -0.1) is 0 Å². The average molecular weight is 596 g/mol. The number of carbonyl (C=O) groups is 1. The largest absolute Gasteiger partial charge is 0.397 e. The van der Waals surface area contributed by atoms with Gasteiger partial charge in [0.15, 0.2) is 0 Å². The minimum Gasteiger partial charge on any atom is -0.393 e. The van der Waals surface area contributed by atoms with E-state index in [-0.39, 0.29) is 59.8 Å². The normalized spacial score (nSPS) is 43.2. The molecule has 0 aromatic heterocycles. The van der Waals surface area contributed by atoms with E-state index in [9.17, 15) is 36.4 Å². The van der Waals surface area contributed by atoms with Crippen molar-refractivity contribution in [3.05, 3.63) is 0 Å². The fourth-order valence-electron chi connectivity index (χ4n) is 9.33. The van der Waals surface area contributed by atoms with Crippen molar-refractivity contribution >= 4 is 26.4 Å². The lowest BCUT2D eigenvalue weighted by Gasteiger charge is -2.63. The summed E-state index contributed by atoms with van der Waals surface area (Å²) >= 11 is 0. The molecule has 13 heteroatoms. The molecule has 4 saturated carbocycles. The van der Waals surface area contributed by atoms with E-state index in [0.29, 0.717) is 32.1 Å². The zero-order valence-electron chi connectivity index (χ0n) is 23.0. The lowest BCUT2D eigenvalue weighted by molar-refractivity contribution is -0.202. The van der Waals surface area contributed by atoms with E-state index in [1.54, 1.807) is 0 Å². The van der Waals surface area contributed by atoms with Crippen molar-refractivity contribution in [2.75, 3.05) is 12.3 Å². The molecule has 0 unspecified atom stereocenters. The molecule has 39 heavy (non-hydrogen) atoms. The predicted octanol–water partition coefficient (Wildman–Crippen LogP) is 2.20. The highest BCUT2D eigenvalue weighted by Crippen LogP contribution is 2.68. The lowest BCUT2D eigenvalue weighted by Crippen LogP contribution is -2.63. The number of amides is 1. The first-order valence-electron chi connectivity index (χ1n) is 14.2. The van der Waals surface area contributed by atoms with Gasteiger partial charge in [-0.25, -0.2) is 4.18 Å². The van der Waals surface area contributed by atoms with E-state index in [1.165, 1.54) is 0 Å². The van der Waals surface area contributed by atoms with Crippen LogP contribution < -0.4 is 5.32 Å². The van der Waals surface area contributed by atoms with Crippen LogP contribution in [0.3, 0.4) is 0 Å². The van der Waals surface area contributed by atoms with Crippen molar-refractivity contribution < 1.29 is 45.1 Å². The number of carbonyl (C=O) groups excluding carboxylic acids is 1. The van der Waals surface area contributed by atoms with Crippen LogP contribution in [0.2, 0.25) is 0 Å².